The Labute approximate surface area is 145 Å². The maximum Gasteiger partial charge on any atom is 0.338 e. The van der Waals surface area contributed by atoms with E-state index < -0.39 is 12.1 Å². The van der Waals surface area contributed by atoms with E-state index in [0.29, 0.717) is 12.2 Å². The van der Waals surface area contributed by atoms with Crippen LogP contribution in [-0.4, -0.2) is 30.4 Å². The van der Waals surface area contributed by atoms with E-state index in [0.717, 1.165) is 6.42 Å². The molecule has 25 heavy (non-hydrogen) atoms. The number of carbonyl (C=O) groups excluding carboxylic acids is 3. The summed E-state index contributed by atoms with van der Waals surface area (Å²) in [5, 5.41) is 5.30. The van der Waals surface area contributed by atoms with Gasteiger partial charge >= 0.3 is 5.97 Å². The van der Waals surface area contributed by atoms with Gasteiger partial charge in [0, 0.05) is 12.2 Å². The molecule has 1 aromatic heterocycles. The molecule has 7 heteroatoms. The summed E-state index contributed by atoms with van der Waals surface area (Å²) in [6.45, 7) is 3.98. The summed E-state index contributed by atoms with van der Waals surface area (Å²) in [6.07, 6.45) is 1.33. The number of amides is 2. The Bertz CT molecular complexity index is 722. The van der Waals surface area contributed by atoms with E-state index in [4.69, 9.17) is 9.15 Å². The van der Waals surface area contributed by atoms with Crippen LogP contribution in [0.15, 0.2) is 47.1 Å². The van der Waals surface area contributed by atoms with Gasteiger partial charge in [-0.2, -0.15) is 0 Å². The van der Waals surface area contributed by atoms with Crippen molar-refractivity contribution in [1.82, 2.24) is 5.32 Å². The van der Waals surface area contributed by atoms with E-state index in [-0.39, 0.29) is 23.1 Å². The molecular weight excluding hydrogens is 324 g/mol. The molecule has 0 aliphatic carbocycles. The van der Waals surface area contributed by atoms with Crippen LogP contribution < -0.4 is 10.6 Å². The molecule has 1 heterocycles. The second-order valence-electron chi connectivity index (χ2n) is 5.35. The first-order valence-corrected chi connectivity index (χ1v) is 7.95. The van der Waals surface area contributed by atoms with Crippen molar-refractivity contribution in [1.29, 1.82) is 0 Å². The van der Waals surface area contributed by atoms with Crippen molar-refractivity contribution in [3.8, 4) is 0 Å². The van der Waals surface area contributed by atoms with Gasteiger partial charge in [0.25, 0.3) is 11.8 Å². The molecule has 132 valence electrons. The van der Waals surface area contributed by atoms with E-state index >= 15 is 0 Å². The number of hydrogen-bond acceptors (Lipinski definition) is 5. The zero-order valence-corrected chi connectivity index (χ0v) is 14.1. The second kappa shape index (κ2) is 8.68. The smallest absolute Gasteiger partial charge is 0.338 e. The van der Waals surface area contributed by atoms with Gasteiger partial charge in [0.2, 0.25) is 0 Å². The Morgan fingerprint density at radius 1 is 1.16 bits per heavy atom. The summed E-state index contributed by atoms with van der Waals surface area (Å²) in [4.78, 5) is 35.6. The van der Waals surface area contributed by atoms with Gasteiger partial charge in [-0.25, -0.2) is 4.79 Å². The Balaban J connectivity index is 1.91. The number of benzene rings is 1. The van der Waals surface area contributed by atoms with Gasteiger partial charge in [-0.3, -0.25) is 9.59 Å². The fourth-order valence-corrected chi connectivity index (χ4v) is 1.96. The lowest BCUT2D eigenvalue weighted by Crippen LogP contribution is -2.36. The molecule has 2 rings (SSSR count). The van der Waals surface area contributed by atoms with Gasteiger partial charge in [-0.1, -0.05) is 6.92 Å². The lowest BCUT2D eigenvalue weighted by Gasteiger charge is -2.13. The SMILES string of the molecule is CCCNC(=O)C(C)OC(=O)c1ccc(NC(=O)c2ccco2)cc1. The first-order valence-electron chi connectivity index (χ1n) is 7.95. The summed E-state index contributed by atoms with van der Waals surface area (Å²) >= 11 is 0. The fraction of sp³-hybridized carbons (Fsp3) is 0.278. The topological polar surface area (TPSA) is 97.6 Å². The largest absolute Gasteiger partial charge is 0.459 e. The zero-order chi connectivity index (χ0) is 18.2. The molecule has 1 aromatic carbocycles. The van der Waals surface area contributed by atoms with Crippen molar-refractivity contribution in [2.24, 2.45) is 0 Å². The highest BCUT2D eigenvalue weighted by atomic mass is 16.5. The van der Waals surface area contributed by atoms with Crippen LogP contribution in [0.25, 0.3) is 0 Å². The summed E-state index contributed by atoms with van der Waals surface area (Å²) < 4.78 is 10.1. The van der Waals surface area contributed by atoms with Crippen molar-refractivity contribution < 1.29 is 23.5 Å². The molecule has 0 bridgehead atoms. The quantitative estimate of drug-likeness (QED) is 0.753. The van der Waals surface area contributed by atoms with Crippen LogP contribution in [-0.2, 0) is 9.53 Å². The van der Waals surface area contributed by atoms with Crippen LogP contribution >= 0.6 is 0 Å². The van der Waals surface area contributed by atoms with Crippen LogP contribution in [0.4, 0.5) is 5.69 Å². The highest BCUT2D eigenvalue weighted by Crippen LogP contribution is 2.13. The third kappa shape index (κ3) is 5.20. The molecule has 0 saturated heterocycles. The summed E-state index contributed by atoms with van der Waals surface area (Å²) in [5.41, 5.74) is 0.790. The van der Waals surface area contributed by atoms with Gasteiger partial charge in [0.1, 0.15) is 0 Å². The van der Waals surface area contributed by atoms with E-state index in [9.17, 15) is 14.4 Å². The molecule has 1 atom stereocenters. The molecule has 0 aliphatic heterocycles. The second-order valence-corrected chi connectivity index (χ2v) is 5.35. The Morgan fingerprint density at radius 2 is 1.88 bits per heavy atom. The predicted octanol–water partition coefficient (Wildman–Crippen LogP) is 2.60. The average molecular weight is 344 g/mol. The Hall–Kier alpha value is -3.09. The van der Waals surface area contributed by atoms with Crippen LogP contribution in [0.2, 0.25) is 0 Å². The van der Waals surface area contributed by atoms with Crippen LogP contribution in [0.3, 0.4) is 0 Å². The van der Waals surface area contributed by atoms with Gasteiger partial charge in [0.15, 0.2) is 11.9 Å². The first kappa shape index (κ1) is 18.3. The number of ether oxygens (including phenoxy) is 1. The summed E-state index contributed by atoms with van der Waals surface area (Å²) in [5.74, 6) is -1.14. The summed E-state index contributed by atoms with van der Waals surface area (Å²) in [7, 11) is 0. The minimum absolute atomic E-state index is 0.190. The minimum atomic E-state index is -0.877. The van der Waals surface area contributed by atoms with Crippen molar-refractivity contribution in [2.75, 3.05) is 11.9 Å². The fourth-order valence-electron chi connectivity index (χ4n) is 1.96. The van der Waals surface area contributed by atoms with E-state index in [1.165, 1.54) is 25.3 Å². The highest BCUT2D eigenvalue weighted by molar-refractivity contribution is 6.02. The van der Waals surface area contributed by atoms with Gasteiger partial charge in [-0.15, -0.1) is 0 Å². The number of hydrogen-bond donors (Lipinski definition) is 2. The van der Waals surface area contributed by atoms with Crippen LogP contribution in [0.1, 0.15) is 41.2 Å². The Kier molecular flexibility index (Phi) is 6.33. The molecule has 2 N–H and O–H groups in total. The highest BCUT2D eigenvalue weighted by Gasteiger charge is 2.18. The van der Waals surface area contributed by atoms with Gasteiger partial charge < -0.3 is 19.8 Å². The molecular formula is C18H20N2O5. The van der Waals surface area contributed by atoms with Crippen molar-refractivity contribution >= 4 is 23.5 Å². The number of esters is 1. The van der Waals surface area contributed by atoms with Crippen molar-refractivity contribution in [3.63, 3.8) is 0 Å². The molecule has 0 fully saturated rings. The van der Waals surface area contributed by atoms with Crippen LogP contribution in [0, 0.1) is 0 Å². The van der Waals surface area contributed by atoms with E-state index in [2.05, 4.69) is 10.6 Å². The van der Waals surface area contributed by atoms with Crippen molar-refractivity contribution in [3.05, 3.63) is 54.0 Å². The number of carbonyl (C=O) groups is 3. The molecule has 7 nitrogen and oxygen atoms in total. The maximum absolute atomic E-state index is 12.0. The average Bonchev–Trinajstić information content (AvgIpc) is 3.14. The lowest BCUT2D eigenvalue weighted by atomic mass is 10.2. The van der Waals surface area contributed by atoms with Crippen molar-refractivity contribution in [2.45, 2.75) is 26.4 Å². The van der Waals surface area contributed by atoms with E-state index in [1.54, 1.807) is 24.3 Å². The zero-order valence-electron chi connectivity index (χ0n) is 14.1. The number of nitrogens with one attached hydrogen (secondary N) is 2. The van der Waals surface area contributed by atoms with E-state index in [1.807, 2.05) is 6.92 Å². The molecule has 0 radical (unpaired) electrons. The number of anilines is 1. The molecule has 0 aliphatic rings. The molecule has 2 amide bonds. The predicted molar refractivity (Wildman–Crippen MR) is 91.3 cm³/mol. The first-order chi connectivity index (χ1) is 12.0. The number of furan rings is 1. The lowest BCUT2D eigenvalue weighted by molar-refractivity contribution is -0.129. The molecule has 0 saturated carbocycles. The van der Waals surface area contributed by atoms with Gasteiger partial charge in [-0.05, 0) is 49.7 Å². The monoisotopic (exact) mass is 344 g/mol. The minimum Gasteiger partial charge on any atom is -0.459 e. The van der Waals surface area contributed by atoms with Gasteiger partial charge in [0.05, 0.1) is 11.8 Å². The summed E-state index contributed by atoms with van der Waals surface area (Å²) in [6, 6.07) is 9.32. The third-order valence-electron chi connectivity index (χ3n) is 3.33. The van der Waals surface area contributed by atoms with Crippen LogP contribution in [0.5, 0.6) is 0 Å². The molecule has 2 aromatic rings. The maximum atomic E-state index is 12.0. The normalized spacial score (nSPS) is 11.4. The molecule has 1 unspecified atom stereocenters. The standard InChI is InChI=1S/C18H20N2O5/c1-3-10-19-16(21)12(2)25-18(23)13-6-8-14(9-7-13)20-17(22)15-5-4-11-24-15/h4-9,11-12H,3,10H2,1-2H3,(H,19,21)(H,20,22). The number of rotatable bonds is 7. The Morgan fingerprint density at radius 3 is 2.48 bits per heavy atom. The third-order valence-corrected chi connectivity index (χ3v) is 3.33. The molecule has 0 spiro atoms.